The van der Waals surface area contributed by atoms with Crippen molar-refractivity contribution in [2.45, 2.75) is 31.8 Å². The highest BCUT2D eigenvalue weighted by Gasteiger charge is 2.29. The van der Waals surface area contributed by atoms with E-state index in [0.29, 0.717) is 31.1 Å². The summed E-state index contributed by atoms with van der Waals surface area (Å²) in [5.74, 6) is -0.958. The zero-order valence-electron chi connectivity index (χ0n) is 17.3. The minimum Gasteiger partial charge on any atom is -0.376 e. The summed E-state index contributed by atoms with van der Waals surface area (Å²) in [6, 6.07) is 17.4. The van der Waals surface area contributed by atoms with Crippen molar-refractivity contribution >= 4 is 42.4 Å². The lowest BCUT2D eigenvalue weighted by molar-refractivity contribution is -0.116. The maximum Gasteiger partial charge on any atom is 0.244 e. The van der Waals surface area contributed by atoms with Crippen LogP contribution in [0, 0.1) is 0 Å². The molecule has 1 aliphatic rings. The summed E-state index contributed by atoms with van der Waals surface area (Å²) < 4.78 is 32.0. The highest BCUT2D eigenvalue weighted by atomic mass is 32.2. The van der Waals surface area contributed by atoms with Crippen molar-refractivity contribution in [3.8, 4) is 0 Å². The Bertz CT molecular complexity index is 1090. The van der Waals surface area contributed by atoms with Gasteiger partial charge < -0.3 is 4.74 Å². The quantitative estimate of drug-likeness (QED) is 0.487. The van der Waals surface area contributed by atoms with E-state index >= 15 is 0 Å². The standard InChI is InChI=1S/C23H26N2O4S2/c26-22(17-31(27,28)15-7-10-18-8-2-1-3-9-18)25(16-19-11-6-14-29-19)23-24-20-12-4-5-13-21(20)30-23/h1-5,8-9,12-13,19H,6-7,10-11,14-17H2. The molecular formula is C23H26N2O4S2. The molecule has 1 atom stereocenters. The van der Waals surface area contributed by atoms with Crippen molar-refractivity contribution in [2.75, 3.05) is 29.6 Å². The molecule has 0 aliphatic carbocycles. The third-order valence-electron chi connectivity index (χ3n) is 5.33. The van der Waals surface area contributed by atoms with Gasteiger partial charge in [-0.05, 0) is 43.4 Å². The van der Waals surface area contributed by atoms with Gasteiger partial charge in [0.1, 0.15) is 5.75 Å². The normalized spacial score (nSPS) is 16.6. The topological polar surface area (TPSA) is 76.6 Å². The largest absolute Gasteiger partial charge is 0.376 e. The van der Waals surface area contributed by atoms with Crippen molar-refractivity contribution < 1.29 is 17.9 Å². The zero-order valence-corrected chi connectivity index (χ0v) is 18.9. The number of benzene rings is 2. The Balaban J connectivity index is 1.45. The molecule has 164 valence electrons. The molecule has 0 N–H and O–H groups in total. The van der Waals surface area contributed by atoms with Gasteiger partial charge in [0.2, 0.25) is 5.91 Å². The number of aromatic nitrogens is 1. The van der Waals surface area contributed by atoms with Crippen molar-refractivity contribution in [3.05, 3.63) is 60.2 Å². The zero-order chi connectivity index (χ0) is 21.7. The van der Waals surface area contributed by atoms with E-state index in [1.807, 2.05) is 54.6 Å². The average Bonchev–Trinajstić information content (AvgIpc) is 3.41. The molecule has 1 aliphatic heterocycles. The number of aryl methyl sites for hydroxylation is 1. The summed E-state index contributed by atoms with van der Waals surface area (Å²) in [5.41, 5.74) is 1.90. The smallest absolute Gasteiger partial charge is 0.244 e. The lowest BCUT2D eigenvalue weighted by atomic mass is 10.1. The molecule has 1 unspecified atom stereocenters. The first-order valence-corrected chi connectivity index (χ1v) is 13.2. The molecule has 0 saturated carbocycles. The molecule has 0 bridgehead atoms. The fourth-order valence-corrected chi connectivity index (χ4v) is 5.99. The molecule has 4 rings (SSSR count). The number of rotatable bonds is 9. The third-order valence-corrected chi connectivity index (χ3v) is 7.99. The molecule has 2 heterocycles. The first-order valence-electron chi connectivity index (χ1n) is 10.5. The van der Waals surface area contributed by atoms with Crippen LogP contribution < -0.4 is 4.90 Å². The monoisotopic (exact) mass is 458 g/mol. The first-order chi connectivity index (χ1) is 15.0. The molecule has 0 spiro atoms. The van der Waals surface area contributed by atoms with Gasteiger partial charge >= 0.3 is 0 Å². The predicted molar refractivity (Wildman–Crippen MR) is 124 cm³/mol. The third kappa shape index (κ3) is 5.90. The number of nitrogens with zero attached hydrogens (tertiary/aromatic N) is 2. The van der Waals surface area contributed by atoms with Crippen molar-refractivity contribution in [1.29, 1.82) is 0 Å². The molecule has 3 aromatic rings. The number of sulfone groups is 1. The molecule has 1 fully saturated rings. The van der Waals surface area contributed by atoms with Gasteiger partial charge in [0, 0.05) is 6.61 Å². The second-order valence-corrected chi connectivity index (χ2v) is 11.0. The number of amides is 1. The van der Waals surface area contributed by atoms with Gasteiger partial charge in [-0.25, -0.2) is 13.4 Å². The summed E-state index contributed by atoms with van der Waals surface area (Å²) in [7, 11) is -3.52. The number of thiazole rings is 1. The van der Waals surface area contributed by atoms with E-state index in [0.717, 1.165) is 28.6 Å². The van der Waals surface area contributed by atoms with Gasteiger partial charge in [-0.2, -0.15) is 0 Å². The highest BCUT2D eigenvalue weighted by molar-refractivity contribution is 7.92. The number of carbonyl (C=O) groups excluding carboxylic acids is 1. The Morgan fingerprint density at radius 3 is 2.65 bits per heavy atom. The number of anilines is 1. The molecule has 8 heteroatoms. The Morgan fingerprint density at radius 1 is 1.13 bits per heavy atom. The Labute approximate surface area is 186 Å². The van der Waals surface area contributed by atoms with Crippen LogP contribution in [0.15, 0.2) is 54.6 Å². The molecule has 1 amide bonds. The number of hydrogen-bond acceptors (Lipinski definition) is 6. The van der Waals surface area contributed by atoms with Crippen molar-refractivity contribution in [2.24, 2.45) is 0 Å². The summed E-state index contributed by atoms with van der Waals surface area (Å²) in [4.78, 5) is 19.2. The van der Waals surface area contributed by atoms with Gasteiger partial charge in [0.15, 0.2) is 15.0 Å². The Kier molecular flexibility index (Phi) is 6.99. The van der Waals surface area contributed by atoms with Gasteiger partial charge in [0.05, 0.1) is 28.6 Å². The number of hydrogen-bond donors (Lipinski definition) is 0. The number of ether oxygens (including phenoxy) is 1. The Morgan fingerprint density at radius 2 is 1.90 bits per heavy atom. The molecule has 2 aromatic carbocycles. The average molecular weight is 459 g/mol. The molecule has 1 aromatic heterocycles. The molecular weight excluding hydrogens is 432 g/mol. The van der Waals surface area contributed by atoms with E-state index in [2.05, 4.69) is 4.98 Å². The maximum absolute atomic E-state index is 13.1. The number of para-hydroxylation sites is 1. The van der Waals surface area contributed by atoms with Gasteiger partial charge in [0.25, 0.3) is 0 Å². The van der Waals surface area contributed by atoms with E-state index in [4.69, 9.17) is 4.74 Å². The van der Waals surface area contributed by atoms with E-state index < -0.39 is 21.5 Å². The predicted octanol–water partition coefficient (Wildman–Crippen LogP) is 3.86. The van der Waals surface area contributed by atoms with Crippen LogP contribution in [0.4, 0.5) is 5.13 Å². The number of fused-ring (bicyclic) bond motifs is 1. The molecule has 1 saturated heterocycles. The van der Waals surface area contributed by atoms with Crippen LogP contribution in [0.5, 0.6) is 0 Å². The first kappa shape index (κ1) is 21.9. The Hall–Kier alpha value is -2.29. The van der Waals surface area contributed by atoms with Gasteiger partial charge in [-0.15, -0.1) is 0 Å². The van der Waals surface area contributed by atoms with Crippen LogP contribution in [-0.4, -0.2) is 50.1 Å². The summed E-state index contributed by atoms with van der Waals surface area (Å²) in [6.07, 6.45) is 2.89. The highest BCUT2D eigenvalue weighted by Crippen LogP contribution is 2.30. The van der Waals surface area contributed by atoms with Crippen LogP contribution >= 0.6 is 11.3 Å². The SMILES string of the molecule is O=C(CS(=O)(=O)CCCc1ccccc1)N(CC1CCCO1)c1nc2ccccc2s1. The van der Waals surface area contributed by atoms with E-state index in [9.17, 15) is 13.2 Å². The van der Waals surface area contributed by atoms with Crippen LogP contribution in [0.2, 0.25) is 0 Å². The summed E-state index contributed by atoms with van der Waals surface area (Å²) >= 11 is 1.40. The van der Waals surface area contributed by atoms with E-state index in [1.54, 1.807) is 0 Å². The minimum atomic E-state index is -3.52. The van der Waals surface area contributed by atoms with E-state index in [1.165, 1.54) is 16.2 Å². The lowest BCUT2D eigenvalue weighted by Crippen LogP contribution is -2.41. The lowest BCUT2D eigenvalue weighted by Gasteiger charge is -2.23. The number of carbonyl (C=O) groups is 1. The second-order valence-electron chi connectivity index (χ2n) is 7.78. The molecule has 0 radical (unpaired) electrons. The van der Waals surface area contributed by atoms with Gasteiger partial charge in [-0.3, -0.25) is 9.69 Å². The second kappa shape index (κ2) is 9.89. The molecule has 31 heavy (non-hydrogen) atoms. The minimum absolute atomic E-state index is 0.0127. The van der Waals surface area contributed by atoms with Crippen LogP contribution in [-0.2, 0) is 25.8 Å². The fraction of sp³-hybridized carbons (Fsp3) is 0.391. The van der Waals surface area contributed by atoms with Crippen molar-refractivity contribution in [3.63, 3.8) is 0 Å². The van der Waals surface area contributed by atoms with Crippen LogP contribution in [0.25, 0.3) is 10.2 Å². The van der Waals surface area contributed by atoms with Gasteiger partial charge in [-0.1, -0.05) is 53.8 Å². The molecule has 6 nitrogen and oxygen atoms in total. The van der Waals surface area contributed by atoms with Crippen LogP contribution in [0.1, 0.15) is 24.8 Å². The van der Waals surface area contributed by atoms with Crippen LogP contribution in [0.3, 0.4) is 0 Å². The van der Waals surface area contributed by atoms with Crippen molar-refractivity contribution in [1.82, 2.24) is 4.98 Å². The van der Waals surface area contributed by atoms with E-state index in [-0.39, 0.29) is 11.9 Å². The summed E-state index contributed by atoms with van der Waals surface area (Å²) in [5, 5.41) is 0.529. The maximum atomic E-state index is 13.1. The summed E-state index contributed by atoms with van der Waals surface area (Å²) in [6.45, 7) is 1.00. The fourth-order valence-electron chi connectivity index (χ4n) is 3.73.